The van der Waals surface area contributed by atoms with Crippen LogP contribution in [0.5, 0.6) is 0 Å². The number of rotatable bonds is 3. The van der Waals surface area contributed by atoms with Gasteiger partial charge in [-0.05, 0) is 51.0 Å². The van der Waals surface area contributed by atoms with E-state index in [4.69, 9.17) is 0 Å². The zero-order valence-corrected chi connectivity index (χ0v) is 11.8. The average Bonchev–Trinajstić information content (AvgIpc) is 2.32. The van der Waals surface area contributed by atoms with Crippen molar-refractivity contribution in [2.24, 2.45) is 17.3 Å². The molecule has 3 heteroatoms. The van der Waals surface area contributed by atoms with E-state index in [1.165, 1.54) is 25.7 Å². The molecule has 0 aromatic heterocycles. The van der Waals surface area contributed by atoms with Crippen LogP contribution in [0.3, 0.4) is 0 Å². The standard InChI is InChI=1S/C15H27NO2/c1-12-4-6-13(7-5-12)10-16-9-3-8-15(2,11-16)14(17)18/h12-13H,3-11H2,1-2H3,(H,17,18). The molecule has 1 unspecified atom stereocenters. The average molecular weight is 253 g/mol. The Morgan fingerprint density at radius 3 is 2.61 bits per heavy atom. The second-order valence-corrected chi connectivity index (χ2v) is 6.83. The van der Waals surface area contributed by atoms with Gasteiger partial charge in [0.05, 0.1) is 5.41 Å². The van der Waals surface area contributed by atoms with Crippen LogP contribution >= 0.6 is 0 Å². The summed E-state index contributed by atoms with van der Waals surface area (Å²) in [7, 11) is 0. The van der Waals surface area contributed by atoms with E-state index in [9.17, 15) is 9.90 Å². The van der Waals surface area contributed by atoms with E-state index in [1.807, 2.05) is 6.92 Å². The van der Waals surface area contributed by atoms with Crippen molar-refractivity contribution in [1.82, 2.24) is 4.90 Å². The van der Waals surface area contributed by atoms with Gasteiger partial charge in [0.2, 0.25) is 0 Å². The molecule has 1 aliphatic carbocycles. The summed E-state index contributed by atoms with van der Waals surface area (Å²) in [4.78, 5) is 13.7. The topological polar surface area (TPSA) is 40.5 Å². The van der Waals surface area contributed by atoms with Crippen LogP contribution in [-0.2, 0) is 4.79 Å². The van der Waals surface area contributed by atoms with Crippen LogP contribution in [0.1, 0.15) is 52.4 Å². The van der Waals surface area contributed by atoms with Gasteiger partial charge in [0.1, 0.15) is 0 Å². The van der Waals surface area contributed by atoms with E-state index in [2.05, 4.69) is 11.8 Å². The predicted octanol–water partition coefficient (Wildman–Crippen LogP) is 3.00. The second kappa shape index (κ2) is 5.60. The van der Waals surface area contributed by atoms with Gasteiger partial charge in [-0.3, -0.25) is 4.79 Å². The molecule has 0 aromatic carbocycles. The fraction of sp³-hybridized carbons (Fsp3) is 0.933. The van der Waals surface area contributed by atoms with Crippen LogP contribution in [0, 0.1) is 17.3 Å². The first-order valence-corrected chi connectivity index (χ1v) is 7.45. The van der Waals surface area contributed by atoms with Crippen molar-refractivity contribution in [3.8, 4) is 0 Å². The van der Waals surface area contributed by atoms with E-state index in [0.717, 1.165) is 44.3 Å². The lowest BCUT2D eigenvalue weighted by Crippen LogP contribution is -2.47. The first kappa shape index (κ1) is 13.9. The lowest BCUT2D eigenvalue weighted by molar-refractivity contribution is -0.151. The van der Waals surface area contributed by atoms with Gasteiger partial charge < -0.3 is 10.0 Å². The van der Waals surface area contributed by atoms with Gasteiger partial charge in [0.15, 0.2) is 0 Å². The van der Waals surface area contributed by atoms with Gasteiger partial charge in [-0.15, -0.1) is 0 Å². The molecule has 2 fully saturated rings. The van der Waals surface area contributed by atoms with E-state index < -0.39 is 11.4 Å². The van der Waals surface area contributed by atoms with Crippen LogP contribution in [0.2, 0.25) is 0 Å². The molecule has 0 amide bonds. The minimum atomic E-state index is -0.621. The molecule has 1 heterocycles. The van der Waals surface area contributed by atoms with E-state index in [-0.39, 0.29) is 0 Å². The molecule has 104 valence electrons. The third kappa shape index (κ3) is 3.25. The minimum absolute atomic E-state index is 0.514. The summed E-state index contributed by atoms with van der Waals surface area (Å²) in [5.74, 6) is 1.08. The Labute approximate surface area is 111 Å². The summed E-state index contributed by atoms with van der Waals surface area (Å²) in [6.45, 7) is 7.21. The molecular formula is C15H27NO2. The Bertz CT molecular complexity index is 297. The number of carboxylic acid groups (broad SMARTS) is 1. The Morgan fingerprint density at radius 2 is 2.00 bits per heavy atom. The highest BCUT2D eigenvalue weighted by Crippen LogP contribution is 2.33. The van der Waals surface area contributed by atoms with Crippen LogP contribution in [0.15, 0.2) is 0 Å². The van der Waals surface area contributed by atoms with Crippen LogP contribution in [0.4, 0.5) is 0 Å². The molecule has 0 radical (unpaired) electrons. The quantitative estimate of drug-likeness (QED) is 0.840. The molecule has 1 saturated heterocycles. The highest BCUT2D eigenvalue weighted by Gasteiger charge is 2.38. The Hall–Kier alpha value is -0.570. The van der Waals surface area contributed by atoms with Crippen molar-refractivity contribution in [1.29, 1.82) is 0 Å². The van der Waals surface area contributed by atoms with Crippen molar-refractivity contribution in [3.05, 3.63) is 0 Å². The fourth-order valence-electron chi connectivity index (χ4n) is 3.55. The van der Waals surface area contributed by atoms with E-state index >= 15 is 0 Å². The number of carboxylic acids is 1. The highest BCUT2D eigenvalue weighted by atomic mass is 16.4. The summed E-state index contributed by atoms with van der Waals surface area (Å²) in [5, 5.41) is 9.33. The van der Waals surface area contributed by atoms with Gasteiger partial charge in [-0.2, -0.15) is 0 Å². The van der Waals surface area contributed by atoms with Crippen LogP contribution in [-0.4, -0.2) is 35.6 Å². The predicted molar refractivity (Wildman–Crippen MR) is 72.5 cm³/mol. The molecule has 2 aliphatic rings. The third-order valence-electron chi connectivity index (χ3n) is 4.94. The molecule has 18 heavy (non-hydrogen) atoms. The molecule has 0 spiro atoms. The fourth-order valence-corrected chi connectivity index (χ4v) is 3.55. The van der Waals surface area contributed by atoms with E-state index in [0.29, 0.717) is 0 Å². The Morgan fingerprint density at radius 1 is 1.33 bits per heavy atom. The number of piperidine rings is 1. The second-order valence-electron chi connectivity index (χ2n) is 6.83. The van der Waals surface area contributed by atoms with Crippen LogP contribution in [0.25, 0.3) is 0 Å². The van der Waals surface area contributed by atoms with Crippen molar-refractivity contribution in [2.75, 3.05) is 19.6 Å². The van der Waals surface area contributed by atoms with Gasteiger partial charge in [0.25, 0.3) is 0 Å². The summed E-state index contributed by atoms with van der Waals surface area (Å²) >= 11 is 0. The van der Waals surface area contributed by atoms with Gasteiger partial charge in [-0.25, -0.2) is 0 Å². The maximum absolute atomic E-state index is 11.3. The zero-order valence-electron chi connectivity index (χ0n) is 11.8. The molecule has 1 aliphatic heterocycles. The lowest BCUT2D eigenvalue weighted by atomic mass is 9.79. The van der Waals surface area contributed by atoms with Crippen LogP contribution < -0.4 is 0 Å². The number of aliphatic carboxylic acids is 1. The molecule has 3 nitrogen and oxygen atoms in total. The number of nitrogens with zero attached hydrogens (tertiary/aromatic N) is 1. The highest BCUT2D eigenvalue weighted by molar-refractivity contribution is 5.74. The molecule has 1 atom stereocenters. The maximum Gasteiger partial charge on any atom is 0.310 e. The monoisotopic (exact) mass is 253 g/mol. The molecule has 0 bridgehead atoms. The smallest absolute Gasteiger partial charge is 0.310 e. The van der Waals surface area contributed by atoms with E-state index in [1.54, 1.807) is 0 Å². The van der Waals surface area contributed by atoms with Crippen molar-refractivity contribution in [2.45, 2.75) is 52.4 Å². The molecule has 1 saturated carbocycles. The van der Waals surface area contributed by atoms with Crippen molar-refractivity contribution in [3.63, 3.8) is 0 Å². The number of hydrogen-bond donors (Lipinski definition) is 1. The third-order valence-corrected chi connectivity index (χ3v) is 4.94. The van der Waals surface area contributed by atoms with Crippen molar-refractivity contribution >= 4 is 5.97 Å². The Balaban J connectivity index is 1.84. The van der Waals surface area contributed by atoms with Gasteiger partial charge in [0, 0.05) is 13.1 Å². The zero-order chi connectivity index (χ0) is 13.2. The first-order valence-electron chi connectivity index (χ1n) is 7.45. The minimum Gasteiger partial charge on any atom is -0.481 e. The molecule has 1 N–H and O–H groups in total. The van der Waals surface area contributed by atoms with Crippen molar-refractivity contribution < 1.29 is 9.90 Å². The Kier molecular flexibility index (Phi) is 4.31. The summed E-state index contributed by atoms with van der Waals surface area (Å²) in [6, 6.07) is 0. The largest absolute Gasteiger partial charge is 0.481 e. The van der Waals surface area contributed by atoms with Gasteiger partial charge >= 0.3 is 5.97 Å². The molecule has 2 rings (SSSR count). The number of likely N-dealkylation sites (tertiary alicyclic amines) is 1. The number of hydrogen-bond acceptors (Lipinski definition) is 2. The summed E-state index contributed by atoms with van der Waals surface area (Å²) < 4.78 is 0. The summed E-state index contributed by atoms with van der Waals surface area (Å²) in [5.41, 5.74) is -0.514. The normalized spacial score (nSPS) is 38.6. The lowest BCUT2D eigenvalue weighted by Gasteiger charge is -2.40. The maximum atomic E-state index is 11.3. The molecular weight excluding hydrogens is 226 g/mol. The number of carbonyl (C=O) groups is 1. The molecule has 0 aromatic rings. The first-order chi connectivity index (χ1) is 8.49. The summed E-state index contributed by atoms with van der Waals surface area (Å²) in [6.07, 6.45) is 7.25. The van der Waals surface area contributed by atoms with Gasteiger partial charge in [-0.1, -0.05) is 19.8 Å². The SMILES string of the molecule is CC1CCC(CN2CCCC(C)(C(=O)O)C2)CC1.